The second-order valence-electron chi connectivity index (χ2n) is 5.15. The van der Waals surface area contributed by atoms with Crippen molar-refractivity contribution in [1.82, 2.24) is 9.97 Å². The molecule has 1 aromatic heterocycles. The van der Waals surface area contributed by atoms with Gasteiger partial charge in [-0.2, -0.15) is 0 Å². The van der Waals surface area contributed by atoms with Gasteiger partial charge in [-0.1, -0.05) is 27.7 Å². The van der Waals surface area contributed by atoms with Crippen LogP contribution in [-0.4, -0.2) is 16.5 Å². The summed E-state index contributed by atoms with van der Waals surface area (Å²) in [5.41, 5.74) is 0.218. The van der Waals surface area contributed by atoms with Gasteiger partial charge in [0.2, 0.25) is 0 Å². The molecule has 0 amide bonds. The summed E-state index contributed by atoms with van der Waals surface area (Å²) in [5, 5.41) is 3.29. The lowest BCUT2D eigenvalue weighted by Crippen LogP contribution is -2.13. The molecule has 16 heavy (non-hydrogen) atoms. The van der Waals surface area contributed by atoms with E-state index in [0.29, 0.717) is 0 Å². The third-order valence-electron chi connectivity index (χ3n) is 2.02. The number of halogens is 1. The molecule has 0 spiro atoms. The van der Waals surface area contributed by atoms with Crippen LogP contribution in [0.2, 0.25) is 0 Å². The summed E-state index contributed by atoms with van der Waals surface area (Å²) in [6, 6.07) is 0. The smallest absolute Gasteiger partial charge is 0.144 e. The summed E-state index contributed by atoms with van der Waals surface area (Å²) in [4.78, 5) is 8.86. The molecule has 3 nitrogen and oxygen atoms in total. The maximum Gasteiger partial charge on any atom is 0.144 e. The van der Waals surface area contributed by atoms with Crippen LogP contribution < -0.4 is 5.32 Å². The van der Waals surface area contributed by atoms with E-state index in [4.69, 9.17) is 0 Å². The highest BCUT2D eigenvalue weighted by atomic mass is 79.9. The first kappa shape index (κ1) is 13.4. The molecule has 0 radical (unpaired) electrons. The van der Waals surface area contributed by atoms with Crippen molar-refractivity contribution < 1.29 is 0 Å². The minimum atomic E-state index is 0.218. The minimum absolute atomic E-state index is 0.218. The molecule has 1 rings (SSSR count). The topological polar surface area (TPSA) is 37.8 Å². The second kappa shape index (κ2) is 5.62. The number of hydrogen-bond donors (Lipinski definition) is 1. The van der Waals surface area contributed by atoms with Crippen molar-refractivity contribution in [3.05, 3.63) is 16.5 Å². The van der Waals surface area contributed by atoms with Gasteiger partial charge in [0, 0.05) is 19.2 Å². The first-order valence-electron chi connectivity index (χ1n) is 5.67. The van der Waals surface area contributed by atoms with Crippen LogP contribution in [0.4, 0.5) is 5.82 Å². The van der Waals surface area contributed by atoms with E-state index in [1.807, 2.05) is 6.20 Å². The fourth-order valence-corrected chi connectivity index (χ4v) is 1.66. The molecule has 0 aliphatic carbocycles. The molecule has 0 aliphatic heterocycles. The lowest BCUT2D eigenvalue weighted by atomic mass is 9.92. The standard InChI is InChI=1S/C12H20BrN3/c1-5-6-14-11-9(13)8-15-10(16-11)7-12(2,3)4/h8H,5-7H2,1-4H3,(H,14,15,16). The number of nitrogens with zero attached hydrogens (tertiary/aromatic N) is 2. The van der Waals surface area contributed by atoms with E-state index >= 15 is 0 Å². The molecule has 4 heteroatoms. The van der Waals surface area contributed by atoms with Gasteiger partial charge in [0.1, 0.15) is 11.6 Å². The van der Waals surface area contributed by atoms with Crippen molar-refractivity contribution in [2.24, 2.45) is 5.41 Å². The Bertz CT molecular complexity index is 345. The lowest BCUT2D eigenvalue weighted by Gasteiger charge is -2.17. The summed E-state index contributed by atoms with van der Waals surface area (Å²) in [6.45, 7) is 9.65. The number of anilines is 1. The summed E-state index contributed by atoms with van der Waals surface area (Å²) in [6.07, 6.45) is 3.80. The Morgan fingerprint density at radius 2 is 2.06 bits per heavy atom. The largest absolute Gasteiger partial charge is 0.369 e. The number of aromatic nitrogens is 2. The fraction of sp³-hybridized carbons (Fsp3) is 0.667. The van der Waals surface area contributed by atoms with Crippen molar-refractivity contribution in [3.8, 4) is 0 Å². The summed E-state index contributed by atoms with van der Waals surface area (Å²) in [5.74, 6) is 1.80. The highest BCUT2D eigenvalue weighted by Gasteiger charge is 2.14. The Morgan fingerprint density at radius 3 is 2.62 bits per heavy atom. The minimum Gasteiger partial charge on any atom is -0.369 e. The summed E-state index contributed by atoms with van der Waals surface area (Å²) < 4.78 is 0.929. The van der Waals surface area contributed by atoms with Crippen molar-refractivity contribution in [2.45, 2.75) is 40.5 Å². The van der Waals surface area contributed by atoms with Crippen molar-refractivity contribution in [3.63, 3.8) is 0 Å². The van der Waals surface area contributed by atoms with Crippen LogP contribution in [0.3, 0.4) is 0 Å². The predicted octanol–water partition coefficient (Wildman–Crippen LogP) is 3.65. The van der Waals surface area contributed by atoms with Crippen LogP contribution >= 0.6 is 15.9 Å². The van der Waals surface area contributed by atoms with Crippen LogP contribution in [0.5, 0.6) is 0 Å². The quantitative estimate of drug-likeness (QED) is 0.918. The highest BCUT2D eigenvalue weighted by molar-refractivity contribution is 9.10. The molecule has 0 fully saturated rings. The Balaban J connectivity index is 2.81. The number of rotatable bonds is 4. The number of hydrogen-bond acceptors (Lipinski definition) is 3. The molecule has 0 aromatic carbocycles. The predicted molar refractivity (Wildman–Crippen MR) is 71.7 cm³/mol. The monoisotopic (exact) mass is 285 g/mol. The Morgan fingerprint density at radius 1 is 1.38 bits per heavy atom. The van der Waals surface area contributed by atoms with Gasteiger partial charge in [0.05, 0.1) is 4.47 Å². The number of nitrogens with one attached hydrogen (secondary N) is 1. The summed E-state index contributed by atoms with van der Waals surface area (Å²) in [7, 11) is 0. The maximum absolute atomic E-state index is 4.53. The first-order chi connectivity index (χ1) is 7.42. The Hall–Kier alpha value is -0.640. The average molecular weight is 286 g/mol. The Kier molecular flexibility index (Phi) is 4.71. The van der Waals surface area contributed by atoms with Gasteiger partial charge in [-0.05, 0) is 27.8 Å². The van der Waals surface area contributed by atoms with Gasteiger partial charge >= 0.3 is 0 Å². The van der Waals surface area contributed by atoms with Crippen molar-refractivity contribution in [2.75, 3.05) is 11.9 Å². The van der Waals surface area contributed by atoms with Crippen LogP contribution in [-0.2, 0) is 6.42 Å². The van der Waals surface area contributed by atoms with Gasteiger partial charge in [-0.3, -0.25) is 0 Å². The van der Waals surface area contributed by atoms with Gasteiger partial charge in [-0.25, -0.2) is 9.97 Å². The van der Waals surface area contributed by atoms with Gasteiger partial charge in [0.15, 0.2) is 0 Å². The molecule has 1 heterocycles. The zero-order chi connectivity index (χ0) is 12.2. The molecule has 0 aliphatic rings. The molecule has 1 N–H and O–H groups in total. The highest BCUT2D eigenvalue weighted by Crippen LogP contribution is 2.22. The molecule has 0 saturated heterocycles. The second-order valence-corrected chi connectivity index (χ2v) is 6.00. The van der Waals surface area contributed by atoms with E-state index in [2.05, 4.69) is 58.9 Å². The molecular weight excluding hydrogens is 266 g/mol. The molecular formula is C12H20BrN3. The van der Waals surface area contributed by atoms with E-state index in [1.54, 1.807) is 0 Å². The van der Waals surface area contributed by atoms with E-state index in [9.17, 15) is 0 Å². The van der Waals surface area contributed by atoms with E-state index in [0.717, 1.165) is 35.5 Å². The van der Waals surface area contributed by atoms with Crippen molar-refractivity contribution in [1.29, 1.82) is 0 Å². The van der Waals surface area contributed by atoms with Crippen LogP contribution in [0.1, 0.15) is 39.9 Å². The fourth-order valence-electron chi connectivity index (χ4n) is 1.33. The molecule has 0 saturated carbocycles. The SMILES string of the molecule is CCCNc1nc(CC(C)(C)C)ncc1Br. The first-order valence-corrected chi connectivity index (χ1v) is 6.47. The van der Waals surface area contributed by atoms with E-state index in [-0.39, 0.29) is 5.41 Å². The zero-order valence-electron chi connectivity index (χ0n) is 10.5. The van der Waals surface area contributed by atoms with Gasteiger partial charge < -0.3 is 5.32 Å². The molecule has 1 aromatic rings. The zero-order valence-corrected chi connectivity index (χ0v) is 12.1. The molecule has 0 unspecified atom stereocenters. The van der Waals surface area contributed by atoms with E-state index < -0.39 is 0 Å². The molecule has 0 bridgehead atoms. The maximum atomic E-state index is 4.53. The third-order valence-corrected chi connectivity index (χ3v) is 2.61. The van der Waals surface area contributed by atoms with Gasteiger partial charge in [0.25, 0.3) is 0 Å². The van der Waals surface area contributed by atoms with Gasteiger partial charge in [-0.15, -0.1) is 0 Å². The van der Waals surface area contributed by atoms with E-state index in [1.165, 1.54) is 0 Å². The average Bonchev–Trinajstić information content (AvgIpc) is 2.17. The Labute approximate surface area is 106 Å². The summed E-state index contributed by atoms with van der Waals surface area (Å²) >= 11 is 3.45. The third kappa shape index (κ3) is 4.47. The normalized spacial score (nSPS) is 11.6. The van der Waals surface area contributed by atoms with Crippen LogP contribution in [0.25, 0.3) is 0 Å². The van der Waals surface area contributed by atoms with Crippen LogP contribution in [0, 0.1) is 5.41 Å². The van der Waals surface area contributed by atoms with Crippen molar-refractivity contribution >= 4 is 21.7 Å². The molecule has 0 atom stereocenters. The van der Waals surface area contributed by atoms with Crippen LogP contribution in [0.15, 0.2) is 10.7 Å². The lowest BCUT2D eigenvalue weighted by molar-refractivity contribution is 0.400. The molecule has 90 valence electrons.